The predicted octanol–water partition coefficient (Wildman–Crippen LogP) is 3.86. The van der Waals surface area contributed by atoms with Crippen LogP contribution in [-0.2, 0) is 4.79 Å². The average Bonchev–Trinajstić information content (AvgIpc) is 3.06. The molecule has 0 radical (unpaired) electrons. The van der Waals surface area contributed by atoms with Crippen LogP contribution in [0.1, 0.15) is 43.5 Å². The number of hydrogen-bond donors (Lipinski definition) is 1. The van der Waals surface area contributed by atoms with Crippen LogP contribution in [0, 0.1) is 0 Å². The Morgan fingerprint density at radius 3 is 2.56 bits per heavy atom. The second-order valence-electron chi connectivity index (χ2n) is 6.18. The zero-order valence-corrected chi connectivity index (χ0v) is 15.2. The van der Waals surface area contributed by atoms with Gasteiger partial charge in [-0.15, -0.1) is 5.10 Å². The maximum Gasteiger partial charge on any atom is 0.233 e. The fraction of sp³-hybridized carbons (Fsp3) is 0.421. The van der Waals surface area contributed by atoms with E-state index in [1.165, 1.54) is 31.0 Å². The van der Waals surface area contributed by atoms with E-state index in [4.69, 9.17) is 0 Å². The van der Waals surface area contributed by atoms with Crippen LogP contribution in [0.5, 0.6) is 0 Å². The molecule has 1 aliphatic heterocycles. The number of hydrogen-bond acceptors (Lipinski definition) is 4. The summed E-state index contributed by atoms with van der Waals surface area (Å²) >= 11 is 1.40. The van der Waals surface area contributed by atoms with E-state index in [0.29, 0.717) is 16.7 Å². The molecule has 1 N–H and O–H groups in total. The lowest BCUT2D eigenvalue weighted by Crippen LogP contribution is -2.35. The highest BCUT2D eigenvalue weighted by Crippen LogP contribution is 2.16. The Kier molecular flexibility index (Phi) is 6.68. The van der Waals surface area contributed by atoms with E-state index in [1.807, 2.05) is 47.4 Å². The predicted molar refractivity (Wildman–Crippen MR) is 102 cm³/mol. The molecule has 0 spiro atoms. The van der Waals surface area contributed by atoms with E-state index in [1.54, 1.807) is 0 Å². The van der Waals surface area contributed by atoms with Crippen LogP contribution >= 0.6 is 11.8 Å². The van der Waals surface area contributed by atoms with Crippen molar-refractivity contribution in [2.24, 2.45) is 0 Å². The third kappa shape index (κ3) is 5.74. The molecular formula is C19H24N4OS. The van der Waals surface area contributed by atoms with E-state index in [0.717, 1.165) is 31.5 Å². The molecule has 132 valence electrons. The van der Waals surface area contributed by atoms with Gasteiger partial charge in [-0.3, -0.25) is 9.89 Å². The first-order valence-corrected chi connectivity index (χ1v) is 9.86. The van der Waals surface area contributed by atoms with Gasteiger partial charge in [-0.05, 0) is 24.5 Å². The van der Waals surface area contributed by atoms with Crippen LogP contribution < -0.4 is 0 Å². The lowest BCUT2D eigenvalue weighted by Gasteiger charge is -2.24. The van der Waals surface area contributed by atoms with Crippen LogP contribution in [-0.4, -0.2) is 44.8 Å². The number of carbonyl (C=O) groups is 1. The standard InChI is InChI=1S/C19H24N4OS/c24-18(23-13-7-2-1-3-8-14-23)15-25-19-20-17(21-22-19)12-11-16-9-5-4-6-10-16/h4-6,9-12H,1-3,7-8,13-15H2,(H,20,21,22)/b12-11+. The Labute approximate surface area is 152 Å². The monoisotopic (exact) mass is 356 g/mol. The van der Waals surface area contributed by atoms with Crippen molar-refractivity contribution in [3.05, 3.63) is 41.7 Å². The molecule has 1 aromatic carbocycles. The largest absolute Gasteiger partial charge is 0.342 e. The highest BCUT2D eigenvalue weighted by Gasteiger charge is 2.15. The minimum Gasteiger partial charge on any atom is -0.342 e. The van der Waals surface area contributed by atoms with Crippen molar-refractivity contribution in [2.75, 3.05) is 18.8 Å². The fourth-order valence-corrected chi connectivity index (χ4v) is 3.56. The zero-order chi connectivity index (χ0) is 17.3. The van der Waals surface area contributed by atoms with Gasteiger partial charge in [-0.25, -0.2) is 4.98 Å². The Morgan fingerprint density at radius 2 is 1.80 bits per heavy atom. The van der Waals surface area contributed by atoms with Crippen LogP contribution in [0.15, 0.2) is 35.5 Å². The fourth-order valence-electron chi connectivity index (χ4n) is 2.85. The number of likely N-dealkylation sites (tertiary alicyclic amines) is 1. The number of rotatable bonds is 5. The molecule has 5 nitrogen and oxygen atoms in total. The van der Waals surface area contributed by atoms with Crippen molar-refractivity contribution in [1.29, 1.82) is 0 Å². The van der Waals surface area contributed by atoms with Gasteiger partial charge in [0, 0.05) is 13.1 Å². The maximum atomic E-state index is 12.4. The van der Waals surface area contributed by atoms with Crippen LogP contribution in [0.4, 0.5) is 0 Å². The van der Waals surface area contributed by atoms with Gasteiger partial charge in [0.05, 0.1) is 5.75 Å². The quantitative estimate of drug-likeness (QED) is 0.827. The molecule has 2 aromatic rings. The topological polar surface area (TPSA) is 61.9 Å². The molecule has 2 heterocycles. The lowest BCUT2D eigenvalue weighted by atomic mass is 10.1. The Balaban J connectivity index is 1.49. The van der Waals surface area contributed by atoms with Crippen molar-refractivity contribution in [3.63, 3.8) is 0 Å². The summed E-state index contributed by atoms with van der Waals surface area (Å²) in [4.78, 5) is 18.8. The number of aromatic amines is 1. The van der Waals surface area contributed by atoms with Gasteiger partial charge in [-0.1, -0.05) is 67.4 Å². The molecular weight excluding hydrogens is 332 g/mol. The summed E-state index contributed by atoms with van der Waals surface area (Å²) < 4.78 is 0. The second kappa shape index (κ2) is 9.42. The first-order chi connectivity index (χ1) is 12.3. The van der Waals surface area contributed by atoms with Crippen LogP contribution in [0.25, 0.3) is 12.2 Å². The molecule has 0 unspecified atom stereocenters. The number of carbonyl (C=O) groups excluding carboxylic acids is 1. The Morgan fingerprint density at radius 1 is 1.08 bits per heavy atom. The summed E-state index contributed by atoms with van der Waals surface area (Å²) in [6.45, 7) is 1.77. The third-order valence-corrected chi connectivity index (χ3v) is 5.08. The molecule has 0 bridgehead atoms. The van der Waals surface area contributed by atoms with Gasteiger partial charge in [0.1, 0.15) is 5.82 Å². The maximum absolute atomic E-state index is 12.4. The summed E-state index contributed by atoms with van der Waals surface area (Å²) in [7, 11) is 0. The van der Waals surface area contributed by atoms with Gasteiger partial charge in [0.2, 0.25) is 11.1 Å². The summed E-state index contributed by atoms with van der Waals surface area (Å²) in [5, 5.41) is 7.71. The van der Waals surface area contributed by atoms with Gasteiger partial charge >= 0.3 is 0 Å². The lowest BCUT2D eigenvalue weighted by molar-refractivity contribution is -0.128. The first kappa shape index (κ1) is 17.7. The molecule has 1 amide bonds. The van der Waals surface area contributed by atoms with E-state index < -0.39 is 0 Å². The van der Waals surface area contributed by atoms with Crippen LogP contribution in [0.2, 0.25) is 0 Å². The van der Waals surface area contributed by atoms with E-state index in [-0.39, 0.29) is 5.91 Å². The molecule has 1 fully saturated rings. The molecule has 0 atom stereocenters. The summed E-state index contributed by atoms with van der Waals surface area (Å²) in [6.07, 6.45) is 9.88. The number of H-pyrrole nitrogens is 1. The van der Waals surface area contributed by atoms with Gasteiger partial charge in [0.25, 0.3) is 0 Å². The number of nitrogens with one attached hydrogen (secondary N) is 1. The Hall–Kier alpha value is -2.08. The smallest absolute Gasteiger partial charge is 0.233 e. The molecule has 1 aromatic heterocycles. The van der Waals surface area contributed by atoms with Gasteiger partial charge in [0.15, 0.2) is 0 Å². The van der Waals surface area contributed by atoms with Crippen molar-refractivity contribution >= 4 is 29.8 Å². The van der Waals surface area contributed by atoms with Crippen molar-refractivity contribution < 1.29 is 4.79 Å². The number of amides is 1. The highest BCUT2D eigenvalue weighted by molar-refractivity contribution is 7.99. The normalized spacial score (nSPS) is 15.9. The average molecular weight is 356 g/mol. The van der Waals surface area contributed by atoms with E-state index in [9.17, 15) is 4.79 Å². The Bertz CT molecular complexity index is 690. The molecule has 3 rings (SSSR count). The highest BCUT2D eigenvalue weighted by atomic mass is 32.2. The zero-order valence-electron chi connectivity index (χ0n) is 14.4. The number of aromatic nitrogens is 3. The summed E-state index contributed by atoms with van der Waals surface area (Å²) in [6, 6.07) is 10.0. The number of thioether (sulfide) groups is 1. The van der Waals surface area contributed by atoms with Gasteiger partial charge in [-0.2, -0.15) is 0 Å². The van der Waals surface area contributed by atoms with Crippen molar-refractivity contribution in [2.45, 2.75) is 37.3 Å². The van der Waals surface area contributed by atoms with Crippen LogP contribution in [0.3, 0.4) is 0 Å². The molecule has 25 heavy (non-hydrogen) atoms. The minimum absolute atomic E-state index is 0.193. The summed E-state index contributed by atoms with van der Waals surface area (Å²) in [5.41, 5.74) is 1.11. The molecule has 6 heteroatoms. The number of nitrogens with zero attached hydrogens (tertiary/aromatic N) is 3. The molecule has 1 aliphatic rings. The van der Waals surface area contributed by atoms with Crippen molar-refractivity contribution in [3.8, 4) is 0 Å². The van der Waals surface area contributed by atoms with E-state index >= 15 is 0 Å². The summed E-state index contributed by atoms with van der Waals surface area (Å²) in [5.74, 6) is 1.29. The van der Waals surface area contributed by atoms with Crippen molar-refractivity contribution in [1.82, 2.24) is 20.1 Å². The molecule has 0 aliphatic carbocycles. The molecule has 1 saturated heterocycles. The van der Waals surface area contributed by atoms with Gasteiger partial charge < -0.3 is 4.90 Å². The number of benzene rings is 1. The first-order valence-electron chi connectivity index (χ1n) is 8.87. The molecule has 0 saturated carbocycles. The van der Waals surface area contributed by atoms with E-state index in [2.05, 4.69) is 15.2 Å². The SMILES string of the molecule is O=C(CSc1n[nH]c(/C=C/c2ccccc2)n1)N1CCCCCCC1. The minimum atomic E-state index is 0.193. The third-order valence-electron chi connectivity index (χ3n) is 4.25. The second-order valence-corrected chi connectivity index (χ2v) is 7.13.